The highest BCUT2D eigenvalue weighted by molar-refractivity contribution is 7.47. The number of aromatic nitrogens is 4. The van der Waals surface area contributed by atoms with Gasteiger partial charge in [0.05, 0.1) is 25.6 Å². The fourth-order valence-corrected chi connectivity index (χ4v) is 4.35. The van der Waals surface area contributed by atoms with Gasteiger partial charge in [-0.2, -0.15) is 9.97 Å². The number of fused-ring (bicyclic) bond motifs is 1. The molecule has 28 heavy (non-hydrogen) atoms. The fourth-order valence-electron chi connectivity index (χ4n) is 3.60. The predicted octanol–water partition coefficient (Wildman–Crippen LogP) is 1.70. The standard InChI is InChI=1S/C16H25N6O5P/c1-3-25-28(23,24)26-8-11-7-10(2)15(27-11)22-9-18-12-13(21-5-4-6-21)19-16(17)20-14(12)22/h9-11,15H,3-8H2,1-2H3,(H,23,24)(H2,17,19,20). The topological polar surface area (TPSA) is 138 Å². The second kappa shape index (κ2) is 7.57. The van der Waals surface area contributed by atoms with Gasteiger partial charge in [0.15, 0.2) is 17.0 Å². The van der Waals surface area contributed by atoms with Crippen LogP contribution in [0.3, 0.4) is 0 Å². The van der Waals surface area contributed by atoms with E-state index < -0.39 is 7.82 Å². The van der Waals surface area contributed by atoms with E-state index in [9.17, 15) is 9.46 Å². The number of nitrogen functional groups attached to an aromatic ring is 1. The van der Waals surface area contributed by atoms with E-state index in [1.54, 1.807) is 13.3 Å². The Morgan fingerprint density at radius 2 is 2.18 bits per heavy atom. The molecule has 2 aliphatic heterocycles. The number of nitrogens with two attached hydrogens (primary N) is 1. The molecule has 2 aromatic rings. The Morgan fingerprint density at radius 3 is 2.86 bits per heavy atom. The molecule has 2 aliphatic rings. The largest absolute Gasteiger partial charge is 0.472 e. The SMILES string of the molecule is CCOP(=O)(O)OCC1CC(C)C(n2cnc3c(N4CCC4)nc(N)nc32)O1. The van der Waals surface area contributed by atoms with E-state index >= 15 is 0 Å². The van der Waals surface area contributed by atoms with Gasteiger partial charge in [-0.15, -0.1) is 0 Å². The lowest BCUT2D eigenvalue weighted by molar-refractivity contribution is -0.0303. The van der Waals surface area contributed by atoms with E-state index in [2.05, 4.69) is 19.9 Å². The molecule has 0 bridgehead atoms. The van der Waals surface area contributed by atoms with Crippen molar-refractivity contribution in [1.82, 2.24) is 19.5 Å². The van der Waals surface area contributed by atoms with Crippen molar-refractivity contribution in [3.8, 4) is 0 Å². The molecule has 0 aromatic carbocycles. The monoisotopic (exact) mass is 412 g/mol. The molecule has 3 N–H and O–H groups in total. The second-order valence-corrected chi connectivity index (χ2v) is 8.57. The van der Waals surface area contributed by atoms with Crippen molar-refractivity contribution in [3.05, 3.63) is 6.33 Å². The van der Waals surface area contributed by atoms with Gasteiger partial charge in [0.2, 0.25) is 5.95 Å². The number of ether oxygens (including phenoxy) is 1. The number of imidazole rings is 1. The number of hydrogen-bond acceptors (Lipinski definition) is 9. The van der Waals surface area contributed by atoms with Crippen molar-refractivity contribution in [1.29, 1.82) is 0 Å². The first kappa shape index (κ1) is 19.5. The first-order chi connectivity index (χ1) is 13.4. The van der Waals surface area contributed by atoms with E-state index in [-0.39, 0.29) is 37.4 Å². The summed E-state index contributed by atoms with van der Waals surface area (Å²) >= 11 is 0. The summed E-state index contributed by atoms with van der Waals surface area (Å²) in [6.45, 7) is 5.59. The highest BCUT2D eigenvalue weighted by atomic mass is 31.2. The van der Waals surface area contributed by atoms with Crippen LogP contribution in [0.4, 0.5) is 11.8 Å². The second-order valence-electron chi connectivity index (χ2n) is 7.11. The number of hydrogen-bond donors (Lipinski definition) is 2. The Morgan fingerprint density at radius 1 is 1.39 bits per heavy atom. The maximum atomic E-state index is 11.7. The zero-order valence-electron chi connectivity index (χ0n) is 15.9. The van der Waals surface area contributed by atoms with E-state index in [0.29, 0.717) is 17.6 Å². The molecule has 154 valence electrons. The van der Waals surface area contributed by atoms with Gasteiger partial charge in [-0.3, -0.25) is 13.6 Å². The third kappa shape index (κ3) is 3.72. The summed E-state index contributed by atoms with van der Waals surface area (Å²) < 4.78 is 29.4. The third-order valence-electron chi connectivity index (χ3n) is 5.02. The highest BCUT2D eigenvalue weighted by Gasteiger charge is 2.36. The van der Waals surface area contributed by atoms with E-state index in [4.69, 9.17) is 19.5 Å². The lowest BCUT2D eigenvalue weighted by Crippen LogP contribution is -2.38. The Labute approximate surface area is 162 Å². The van der Waals surface area contributed by atoms with Gasteiger partial charge in [0.1, 0.15) is 6.23 Å². The number of rotatable bonds is 7. The van der Waals surface area contributed by atoms with Crippen molar-refractivity contribution in [3.63, 3.8) is 0 Å². The Hall–Kier alpha value is -1.78. The van der Waals surface area contributed by atoms with Gasteiger partial charge < -0.3 is 20.3 Å². The maximum absolute atomic E-state index is 11.7. The molecule has 12 heteroatoms. The maximum Gasteiger partial charge on any atom is 0.472 e. The summed E-state index contributed by atoms with van der Waals surface area (Å²) in [7, 11) is -4.05. The Balaban J connectivity index is 1.53. The van der Waals surface area contributed by atoms with Crippen LogP contribution in [0.5, 0.6) is 0 Å². The van der Waals surface area contributed by atoms with Crippen LogP contribution in [0.2, 0.25) is 0 Å². The lowest BCUT2D eigenvalue weighted by atomic mass is 10.1. The molecular formula is C16H25N6O5P. The van der Waals surface area contributed by atoms with Crippen LogP contribution >= 0.6 is 7.82 Å². The van der Waals surface area contributed by atoms with Crippen LogP contribution in [-0.4, -0.2) is 56.8 Å². The highest BCUT2D eigenvalue weighted by Crippen LogP contribution is 2.45. The van der Waals surface area contributed by atoms with Crippen LogP contribution in [0.1, 0.15) is 32.9 Å². The van der Waals surface area contributed by atoms with Crippen molar-refractivity contribution in [2.24, 2.45) is 5.92 Å². The number of anilines is 2. The minimum atomic E-state index is -4.05. The third-order valence-corrected chi connectivity index (χ3v) is 6.08. The molecule has 4 heterocycles. The molecule has 0 saturated carbocycles. The van der Waals surface area contributed by atoms with E-state index in [1.165, 1.54) is 0 Å². The Bertz CT molecular complexity index is 903. The summed E-state index contributed by atoms with van der Waals surface area (Å²) in [5.41, 5.74) is 7.25. The van der Waals surface area contributed by atoms with Crippen molar-refractivity contribution in [2.75, 3.05) is 36.9 Å². The van der Waals surface area contributed by atoms with E-state index in [1.807, 2.05) is 11.5 Å². The van der Waals surface area contributed by atoms with Gasteiger partial charge in [-0.1, -0.05) is 6.92 Å². The van der Waals surface area contributed by atoms with Gasteiger partial charge in [-0.25, -0.2) is 9.55 Å². The summed E-state index contributed by atoms with van der Waals surface area (Å²) in [5.74, 6) is 1.07. The van der Waals surface area contributed by atoms with Crippen molar-refractivity contribution < 1.29 is 23.2 Å². The molecule has 2 aromatic heterocycles. The summed E-state index contributed by atoms with van der Waals surface area (Å²) in [5, 5.41) is 0. The summed E-state index contributed by atoms with van der Waals surface area (Å²) in [6, 6.07) is 0. The summed E-state index contributed by atoms with van der Waals surface area (Å²) in [6.07, 6.45) is 2.79. The molecular weight excluding hydrogens is 387 g/mol. The van der Waals surface area contributed by atoms with Crippen molar-refractivity contribution in [2.45, 2.75) is 39.0 Å². The van der Waals surface area contributed by atoms with Gasteiger partial charge >= 0.3 is 7.82 Å². The average molecular weight is 412 g/mol. The van der Waals surface area contributed by atoms with E-state index in [0.717, 1.165) is 25.3 Å². The molecule has 4 rings (SSSR count). The normalized spacial score (nSPS) is 27.1. The molecule has 11 nitrogen and oxygen atoms in total. The molecule has 4 atom stereocenters. The van der Waals surface area contributed by atoms with Crippen LogP contribution in [-0.2, 0) is 18.3 Å². The Kier molecular flexibility index (Phi) is 5.28. The summed E-state index contributed by atoms with van der Waals surface area (Å²) in [4.78, 5) is 24.9. The van der Waals surface area contributed by atoms with Crippen LogP contribution in [0.15, 0.2) is 6.33 Å². The molecule has 0 amide bonds. The number of phosphoric ester groups is 1. The van der Waals surface area contributed by atoms with Gasteiger partial charge in [-0.05, 0) is 19.8 Å². The number of phosphoric acid groups is 1. The van der Waals surface area contributed by atoms with Crippen molar-refractivity contribution >= 4 is 30.8 Å². The van der Waals surface area contributed by atoms with Gasteiger partial charge in [0, 0.05) is 19.0 Å². The quantitative estimate of drug-likeness (QED) is 0.646. The van der Waals surface area contributed by atoms with Crippen LogP contribution < -0.4 is 10.6 Å². The zero-order chi connectivity index (χ0) is 19.9. The predicted molar refractivity (Wildman–Crippen MR) is 102 cm³/mol. The average Bonchev–Trinajstić information content (AvgIpc) is 3.14. The molecule has 0 aliphatic carbocycles. The molecule has 0 spiro atoms. The van der Waals surface area contributed by atoms with Crippen LogP contribution in [0, 0.1) is 5.92 Å². The molecule has 0 radical (unpaired) electrons. The van der Waals surface area contributed by atoms with Crippen LogP contribution in [0.25, 0.3) is 11.2 Å². The molecule has 2 fully saturated rings. The number of nitrogens with zero attached hydrogens (tertiary/aromatic N) is 5. The molecule has 2 saturated heterocycles. The fraction of sp³-hybridized carbons (Fsp3) is 0.688. The molecule has 4 unspecified atom stereocenters. The first-order valence-corrected chi connectivity index (χ1v) is 10.9. The lowest BCUT2D eigenvalue weighted by Gasteiger charge is -2.32. The minimum Gasteiger partial charge on any atom is -0.368 e. The minimum absolute atomic E-state index is 0.0304. The zero-order valence-corrected chi connectivity index (χ0v) is 16.8. The first-order valence-electron chi connectivity index (χ1n) is 9.40. The van der Waals surface area contributed by atoms with Gasteiger partial charge in [0.25, 0.3) is 0 Å². The smallest absolute Gasteiger partial charge is 0.368 e.